The van der Waals surface area contributed by atoms with Crippen molar-refractivity contribution in [3.63, 3.8) is 0 Å². The van der Waals surface area contributed by atoms with Gasteiger partial charge in [0.05, 0.1) is 5.69 Å². The lowest BCUT2D eigenvalue weighted by Crippen LogP contribution is -2.42. The molecule has 0 bridgehead atoms. The van der Waals surface area contributed by atoms with Gasteiger partial charge in [0, 0.05) is 21.7 Å². The van der Waals surface area contributed by atoms with E-state index in [9.17, 15) is 8.42 Å². The summed E-state index contributed by atoms with van der Waals surface area (Å²) in [6, 6.07) is 5.11. The Morgan fingerprint density at radius 2 is 2.21 bits per heavy atom. The van der Waals surface area contributed by atoms with Gasteiger partial charge < -0.3 is 0 Å². The maximum absolute atomic E-state index is 12.3. The van der Waals surface area contributed by atoms with Crippen LogP contribution in [-0.2, 0) is 10.2 Å². The van der Waals surface area contributed by atoms with Crippen LogP contribution in [0.5, 0.6) is 0 Å². The van der Waals surface area contributed by atoms with Gasteiger partial charge in [0.2, 0.25) is 0 Å². The number of piperidine rings is 1. The lowest BCUT2D eigenvalue weighted by molar-refractivity contribution is 0.282. The minimum Gasteiger partial charge on any atom is -0.270 e. The van der Waals surface area contributed by atoms with E-state index in [0.29, 0.717) is 29.7 Å². The minimum absolute atomic E-state index is 0.412. The fraction of sp³-hybridized carbons (Fsp3) is 0.500. The van der Waals surface area contributed by atoms with E-state index in [1.807, 2.05) is 0 Å². The van der Waals surface area contributed by atoms with Crippen LogP contribution in [-0.4, -0.2) is 25.8 Å². The van der Waals surface area contributed by atoms with Crippen molar-refractivity contribution in [2.45, 2.75) is 19.8 Å². The van der Waals surface area contributed by atoms with E-state index in [-0.39, 0.29) is 0 Å². The molecule has 0 saturated carbocycles. The molecular weight excluding hydrogens is 399 g/mol. The normalized spacial score (nSPS) is 21.3. The van der Waals surface area contributed by atoms with Crippen LogP contribution < -0.4 is 4.72 Å². The van der Waals surface area contributed by atoms with Gasteiger partial charge in [-0.2, -0.15) is 12.7 Å². The number of hydrogen-bond acceptors (Lipinski definition) is 2. The van der Waals surface area contributed by atoms with Crippen LogP contribution in [0.3, 0.4) is 0 Å². The summed E-state index contributed by atoms with van der Waals surface area (Å²) in [6.07, 6.45) is 2.00. The highest BCUT2D eigenvalue weighted by Gasteiger charge is 2.27. The first-order valence-corrected chi connectivity index (χ1v) is 9.01. The Morgan fingerprint density at radius 1 is 1.47 bits per heavy atom. The van der Waals surface area contributed by atoms with Gasteiger partial charge in [0.25, 0.3) is 0 Å². The highest BCUT2D eigenvalue weighted by Crippen LogP contribution is 2.25. The number of anilines is 1. The summed E-state index contributed by atoms with van der Waals surface area (Å²) in [5, 5.41) is 0.596. The topological polar surface area (TPSA) is 49.4 Å². The van der Waals surface area contributed by atoms with E-state index in [4.69, 9.17) is 11.6 Å². The Hall–Kier alpha value is -0.0500. The Kier molecular flexibility index (Phi) is 4.97. The first kappa shape index (κ1) is 15.3. The second-order valence-corrected chi connectivity index (χ2v) is 8.11. The van der Waals surface area contributed by atoms with E-state index in [1.165, 1.54) is 4.31 Å². The third-order valence-corrected chi connectivity index (χ3v) is 5.75. The second kappa shape index (κ2) is 6.15. The largest absolute Gasteiger partial charge is 0.301 e. The van der Waals surface area contributed by atoms with Gasteiger partial charge in [0.15, 0.2) is 0 Å². The van der Waals surface area contributed by atoms with Crippen molar-refractivity contribution in [3.8, 4) is 0 Å². The number of hydrogen-bond donors (Lipinski definition) is 1. The molecule has 1 aliphatic rings. The minimum atomic E-state index is -3.47. The molecular formula is C12H16ClIN2O2S. The van der Waals surface area contributed by atoms with Crippen LogP contribution in [0.15, 0.2) is 18.2 Å². The Balaban J connectivity index is 2.16. The van der Waals surface area contributed by atoms with Crippen molar-refractivity contribution in [1.29, 1.82) is 0 Å². The van der Waals surface area contributed by atoms with E-state index in [2.05, 4.69) is 34.2 Å². The molecule has 2 rings (SSSR count). The molecule has 1 atom stereocenters. The highest BCUT2D eigenvalue weighted by molar-refractivity contribution is 14.1. The zero-order valence-electron chi connectivity index (χ0n) is 10.6. The van der Waals surface area contributed by atoms with Crippen LogP contribution in [0.4, 0.5) is 5.69 Å². The van der Waals surface area contributed by atoms with E-state index >= 15 is 0 Å². The standard InChI is InChI=1S/C12H16ClIN2O2S/c1-9-3-2-6-16(8-9)19(17,18)15-12-5-4-10(13)7-11(12)14/h4-5,7,9,15H,2-3,6,8H2,1H3. The molecule has 0 radical (unpaired) electrons. The number of nitrogens with one attached hydrogen (secondary N) is 1. The van der Waals surface area contributed by atoms with Crippen molar-refractivity contribution in [3.05, 3.63) is 26.8 Å². The second-order valence-electron chi connectivity index (χ2n) is 4.84. The molecule has 1 saturated heterocycles. The molecule has 0 aliphatic carbocycles. The van der Waals surface area contributed by atoms with Crippen LogP contribution in [0.25, 0.3) is 0 Å². The molecule has 0 spiro atoms. The maximum atomic E-state index is 12.3. The third-order valence-electron chi connectivity index (χ3n) is 3.13. The number of nitrogens with zero attached hydrogens (tertiary/aromatic N) is 1. The summed E-state index contributed by atoms with van der Waals surface area (Å²) in [4.78, 5) is 0. The van der Waals surface area contributed by atoms with Gasteiger partial charge in [-0.3, -0.25) is 4.72 Å². The van der Waals surface area contributed by atoms with Crippen LogP contribution in [0, 0.1) is 9.49 Å². The summed E-state index contributed by atoms with van der Waals surface area (Å²) >= 11 is 7.93. The quantitative estimate of drug-likeness (QED) is 0.771. The molecule has 106 valence electrons. The molecule has 1 aromatic carbocycles. The van der Waals surface area contributed by atoms with Gasteiger partial charge in [-0.1, -0.05) is 18.5 Å². The first-order valence-electron chi connectivity index (χ1n) is 6.11. The monoisotopic (exact) mass is 414 g/mol. The predicted molar refractivity (Wildman–Crippen MR) is 86.7 cm³/mol. The zero-order chi connectivity index (χ0) is 14.0. The van der Waals surface area contributed by atoms with Gasteiger partial charge in [-0.25, -0.2) is 0 Å². The molecule has 4 nitrogen and oxygen atoms in total. The van der Waals surface area contributed by atoms with Gasteiger partial charge in [-0.15, -0.1) is 0 Å². The molecule has 7 heteroatoms. The zero-order valence-corrected chi connectivity index (χ0v) is 14.3. The van der Waals surface area contributed by atoms with Gasteiger partial charge in [-0.05, 0) is 59.5 Å². The maximum Gasteiger partial charge on any atom is 0.301 e. The van der Waals surface area contributed by atoms with E-state index < -0.39 is 10.2 Å². The Morgan fingerprint density at radius 3 is 2.84 bits per heavy atom. The summed E-state index contributed by atoms with van der Waals surface area (Å²) in [6.45, 7) is 3.25. The van der Waals surface area contributed by atoms with E-state index in [1.54, 1.807) is 18.2 Å². The molecule has 0 amide bonds. The summed E-state index contributed by atoms with van der Waals surface area (Å²) in [5.74, 6) is 0.412. The average Bonchev–Trinajstić information content (AvgIpc) is 2.33. The SMILES string of the molecule is CC1CCCN(S(=O)(=O)Nc2ccc(Cl)cc2I)C1. The molecule has 1 unspecified atom stereocenters. The summed E-state index contributed by atoms with van der Waals surface area (Å²) in [5.41, 5.74) is 0.572. The van der Waals surface area contributed by atoms with Gasteiger partial charge in [0.1, 0.15) is 0 Å². The Bertz CT molecular complexity index is 565. The van der Waals surface area contributed by atoms with Crippen LogP contribution in [0.2, 0.25) is 5.02 Å². The fourth-order valence-electron chi connectivity index (χ4n) is 2.14. The predicted octanol–water partition coefficient (Wildman–Crippen LogP) is 3.33. The van der Waals surface area contributed by atoms with Crippen LogP contribution >= 0.6 is 34.2 Å². The van der Waals surface area contributed by atoms with E-state index in [0.717, 1.165) is 16.4 Å². The summed E-state index contributed by atoms with van der Waals surface area (Å²) < 4.78 is 29.6. The Labute approximate surface area is 132 Å². The van der Waals surface area contributed by atoms with Crippen molar-refractivity contribution >= 4 is 50.1 Å². The average molecular weight is 415 g/mol. The number of benzene rings is 1. The number of rotatable bonds is 3. The van der Waals surface area contributed by atoms with Crippen molar-refractivity contribution in [2.24, 2.45) is 5.92 Å². The van der Waals surface area contributed by atoms with Crippen molar-refractivity contribution in [1.82, 2.24) is 4.31 Å². The third kappa shape index (κ3) is 3.96. The van der Waals surface area contributed by atoms with Crippen molar-refractivity contribution in [2.75, 3.05) is 17.8 Å². The highest BCUT2D eigenvalue weighted by atomic mass is 127. The smallest absolute Gasteiger partial charge is 0.270 e. The number of halogens is 2. The molecule has 0 aromatic heterocycles. The van der Waals surface area contributed by atoms with Crippen molar-refractivity contribution < 1.29 is 8.42 Å². The lowest BCUT2D eigenvalue weighted by Gasteiger charge is -2.30. The fourth-order valence-corrected chi connectivity index (χ4v) is 4.73. The van der Waals surface area contributed by atoms with Crippen LogP contribution in [0.1, 0.15) is 19.8 Å². The summed E-state index contributed by atoms with van der Waals surface area (Å²) in [7, 11) is -3.47. The molecule has 1 aliphatic heterocycles. The lowest BCUT2D eigenvalue weighted by atomic mass is 10.0. The molecule has 19 heavy (non-hydrogen) atoms. The molecule has 1 N–H and O–H groups in total. The first-order chi connectivity index (χ1) is 8.88. The molecule has 1 aromatic rings. The molecule has 1 heterocycles. The molecule has 1 fully saturated rings. The van der Waals surface area contributed by atoms with Gasteiger partial charge >= 0.3 is 10.2 Å².